The van der Waals surface area contributed by atoms with Crippen LogP contribution in [0, 0.1) is 0 Å². The summed E-state index contributed by atoms with van der Waals surface area (Å²) >= 11 is 6.99. The second-order valence-corrected chi connectivity index (χ2v) is 5.05. The van der Waals surface area contributed by atoms with E-state index in [4.69, 9.17) is 21.7 Å². The highest BCUT2D eigenvalue weighted by atomic mass is 32.2. The lowest BCUT2D eigenvalue weighted by Crippen LogP contribution is -2.27. The van der Waals surface area contributed by atoms with Crippen molar-refractivity contribution in [3.8, 4) is 0 Å². The summed E-state index contributed by atoms with van der Waals surface area (Å²) in [5.41, 5.74) is 0. The zero-order valence-corrected chi connectivity index (χ0v) is 11.0. The van der Waals surface area contributed by atoms with E-state index in [2.05, 4.69) is 18.7 Å². The van der Waals surface area contributed by atoms with E-state index in [0.717, 1.165) is 43.0 Å². The van der Waals surface area contributed by atoms with E-state index in [9.17, 15) is 0 Å². The van der Waals surface area contributed by atoms with Crippen molar-refractivity contribution in [2.24, 2.45) is 0 Å². The molecule has 0 saturated carbocycles. The molecule has 0 aliphatic carbocycles. The summed E-state index contributed by atoms with van der Waals surface area (Å²) in [6, 6.07) is 0. The first kappa shape index (κ1) is 13.2. The molecule has 1 aliphatic rings. The summed E-state index contributed by atoms with van der Waals surface area (Å²) < 4.78 is 11.5. The number of hydrogen-bond donors (Lipinski definition) is 0. The summed E-state index contributed by atoms with van der Waals surface area (Å²) in [6.07, 6.45) is 0.365. The zero-order valence-electron chi connectivity index (χ0n) is 9.40. The fourth-order valence-electron chi connectivity index (χ4n) is 1.14. The maximum absolute atomic E-state index is 5.43. The van der Waals surface area contributed by atoms with Gasteiger partial charge < -0.3 is 14.4 Å². The smallest absolute Gasteiger partial charge is 0.136 e. The molecule has 3 nitrogen and oxygen atoms in total. The van der Waals surface area contributed by atoms with Gasteiger partial charge in [0.2, 0.25) is 0 Å². The molecule has 1 aliphatic heterocycles. The Balaban J connectivity index is 1.94. The van der Waals surface area contributed by atoms with Crippen molar-refractivity contribution in [1.29, 1.82) is 0 Å². The highest BCUT2D eigenvalue weighted by molar-refractivity contribution is 8.22. The number of thiocarbonyl (C=S) groups is 1. The lowest BCUT2D eigenvalue weighted by Gasteiger charge is -2.20. The molecule has 88 valence electrons. The predicted octanol–water partition coefficient (Wildman–Crippen LogP) is 1.76. The normalized spacial score (nSPS) is 18.9. The zero-order chi connectivity index (χ0) is 11.1. The van der Waals surface area contributed by atoms with Crippen LogP contribution in [0.2, 0.25) is 0 Å². The maximum atomic E-state index is 5.43. The average molecular weight is 249 g/mol. The van der Waals surface area contributed by atoms with Crippen LogP contribution in [-0.4, -0.2) is 54.0 Å². The molecule has 1 rings (SSSR count). The van der Waals surface area contributed by atoms with E-state index in [1.54, 1.807) is 11.8 Å². The third-order valence-electron chi connectivity index (χ3n) is 2.18. The second-order valence-electron chi connectivity index (χ2n) is 3.32. The van der Waals surface area contributed by atoms with Crippen molar-refractivity contribution < 1.29 is 9.47 Å². The summed E-state index contributed by atoms with van der Waals surface area (Å²) in [4.78, 5) is 2.18. The first-order chi connectivity index (χ1) is 7.27. The molecular formula is C10H19NO2S2. The van der Waals surface area contributed by atoms with Gasteiger partial charge in [0.05, 0.1) is 19.8 Å². The van der Waals surface area contributed by atoms with Gasteiger partial charge in [-0.3, -0.25) is 0 Å². The minimum absolute atomic E-state index is 0.365. The quantitative estimate of drug-likeness (QED) is 0.389. The summed E-state index contributed by atoms with van der Waals surface area (Å²) in [5, 5.41) is 0. The Morgan fingerprint density at radius 2 is 2.20 bits per heavy atom. The van der Waals surface area contributed by atoms with Gasteiger partial charge in [0.15, 0.2) is 0 Å². The molecule has 15 heavy (non-hydrogen) atoms. The van der Waals surface area contributed by atoms with Crippen LogP contribution >= 0.6 is 24.0 Å². The Kier molecular flexibility index (Phi) is 6.56. The Labute approximate surface area is 101 Å². The Morgan fingerprint density at radius 3 is 2.73 bits per heavy atom. The Hall–Kier alpha value is 0.160. The van der Waals surface area contributed by atoms with Crippen molar-refractivity contribution in [3.05, 3.63) is 0 Å². The number of ether oxygens (including phenoxy) is 2. The van der Waals surface area contributed by atoms with E-state index in [1.165, 1.54) is 0 Å². The van der Waals surface area contributed by atoms with Gasteiger partial charge in [0, 0.05) is 18.8 Å². The second kappa shape index (κ2) is 7.44. The number of rotatable bonds is 7. The van der Waals surface area contributed by atoms with E-state index in [-0.39, 0.29) is 0 Å². The van der Waals surface area contributed by atoms with Crippen LogP contribution in [0.15, 0.2) is 0 Å². The largest absolute Gasteiger partial charge is 0.378 e. The fourth-order valence-corrected chi connectivity index (χ4v) is 2.46. The fraction of sp³-hybridized carbons (Fsp3) is 0.900. The number of hydrogen-bond acceptors (Lipinski definition) is 4. The Morgan fingerprint density at radius 1 is 1.53 bits per heavy atom. The SMILES string of the molecule is CCN(CC)C(=S)SCCOCC1CO1. The van der Waals surface area contributed by atoms with Gasteiger partial charge in [0.25, 0.3) is 0 Å². The lowest BCUT2D eigenvalue weighted by atomic mass is 10.5. The third kappa shape index (κ3) is 5.70. The van der Waals surface area contributed by atoms with Gasteiger partial charge in [-0.25, -0.2) is 0 Å². The molecule has 0 bridgehead atoms. The Bertz CT molecular complexity index is 194. The number of nitrogens with zero attached hydrogens (tertiary/aromatic N) is 1. The van der Waals surface area contributed by atoms with Crippen LogP contribution in [0.5, 0.6) is 0 Å². The molecule has 0 aromatic rings. The molecule has 1 unspecified atom stereocenters. The van der Waals surface area contributed by atoms with Crippen molar-refractivity contribution in [2.45, 2.75) is 20.0 Å². The number of thioether (sulfide) groups is 1. The standard InChI is InChI=1S/C10H19NO2S2/c1-3-11(4-2)10(14)15-6-5-12-7-9-8-13-9/h9H,3-8H2,1-2H3. The molecule has 0 aromatic carbocycles. The van der Waals surface area contributed by atoms with Gasteiger partial charge >= 0.3 is 0 Å². The first-order valence-corrected chi connectivity index (χ1v) is 6.78. The van der Waals surface area contributed by atoms with Crippen LogP contribution in [0.3, 0.4) is 0 Å². The monoisotopic (exact) mass is 249 g/mol. The molecule has 5 heteroatoms. The first-order valence-electron chi connectivity index (χ1n) is 5.39. The van der Waals surface area contributed by atoms with Crippen molar-refractivity contribution in [3.63, 3.8) is 0 Å². The predicted molar refractivity (Wildman–Crippen MR) is 68.5 cm³/mol. The summed E-state index contributed by atoms with van der Waals surface area (Å²) in [5.74, 6) is 0.933. The van der Waals surface area contributed by atoms with Crippen molar-refractivity contribution >= 4 is 28.3 Å². The molecule has 1 heterocycles. The highest BCUT2D eigenvalue weighted by Gasteiger charge is 2.22. The van der Waals surface area contributed by atoms with Crippen LogP contribution in [0.4, 0.5) is 0 Å². The summed E-state index contributed by atoms with van der Waals surface area (Å²) in [7, 11) is 0. The molecule has 1 atom stereocenters. The molecular weight excluding hydrogens is 230 g/mol. The van der Waals surface area contributed by atoms with E-state index in [1.807, 2.05) is 0 Å². The third-order valence-corrected chi connectivity index (χ3v) is 3.67. The average Bonchev–Trinajstić information content (AvgIpc) is 3.03. The van der Waals surface area contributed by atoms with Crippen molar-refractivity contribution in [1.82, 2.24) is 4.90 Å². The minimum Gasteiger partial charge on any atom is -0.378 e. The molecule has 0 aromatic heterocycles. The topological polar surface area (TPSA) is 25.0 Å². The highest BCUT2D eigenvalue weighted by Crippen LogP contribution is 2.11. The van der Waals surface area contributed by atoms with Crippen LogP contribution in [0.1, 0.15) is 13.8 Å². The van der Waals surface area contributed by atoms with Gasteiger partial charge in [0.1, 0.15) is 10.4 Å². The van der Waals surface area contributed by atoms with E-state index < -0.39 is 0 Å². The van der Waals surface area contributed by atoms with Crippen molar-refractivity contribution in [2.75, 3.05) is 38.7 Å². The maximum Gasteiger partial charge on any atom is 0.136 e. The minimum atomic E-state index is 0.365. The van der Waals surface area contributed by atoms with Gasteiger partial charge in [-0.2, -0.15) is 0 Å². The van der Waals surface area contributed by atoms with Crippen LogP contribution < -0.4 is 0 Å². The molecule has 1 saturated heterocycles. The summed E-state index contributed by atoms with van der Waals surface area (Å²) in [6.45, 7) is 8.57. The number of epoxide rings is 1. The molecule has 0 spiro atoms. The van der Waals surface area contributed by atoms with Gasteiger partial charge in [-0.15, -0.1) is 0 Å². The van der Waals surface area contributed by atoms with E-state index >= 15 is 0 Å². The van der Waals surface area contributed by atoms with Crippen LogP contribution in [0.25, 0.3) is 0 Å². The molecule has 0 amide bonds. The molecule has 1 fully saturated rings. The molecule has 0 N–H and O–H groups in total. The van der Waals surface area contributed by atoms with Crippen LogP contribution in [-0.2, 0) is 9.47 Å². The lowest BCUT2D eigenvalue weighted by molar-refractivity contribution is 0.130. The molecule has 0 radical (unpaired) electrons. The van der Waals surface area contributed by atoms with Gasteiger partial charge in [-0.1, -0.05) is 24.0 Å². The van der Waals surface area contributed by atoms with E-state index in [0.29, 0.717) is 6.10 Å². The van der Waals surface area contributed by atoms with Gasteiger partial charge in [-0.05, 0) is 13.8 Å².